The summed E-state index contributed by atoms with van der Waals surface area (Å²) < 4.78 is 5.37. The van der Waals surface area contributed by atoms with E-state index in [2.05, 4.69) is 35.7 Å². The first-order valence-electron chi connectivity index (χ1n) is 6.74. The van der Waals surface area contributed by atoms with Gasteiger partial charge in [0.2, 0.25) is 0 Å². The molecule has 0 heterocycles. The monoisotopic (exact) mass is 264 g/mol. The van der Waals surface area contributed by atoms with E-state index in [0.29, 0.717) is 17.4 Å². The van der Waals surface area contributed by atoms with E-state index in [1.807, 2.05) is 12.1 Å². The number of hydrogen-bond donors (Lipinski definition) is 1. The molecule has 2 aromatic rings. The Kier molecular flexibility index (Phi) is 3.30. The van der Waals surface area contributed by atoms with Gasteiger partial charge in [0.1, 0.15) is 5.75 Å². The van der Waals surface area contributed by atoms with Crippen molar-refractivity contribution in [1.82, 2.24) is 0 Å². The highest BCUT2D eigenvalue weighted by atomic mass is 16.5. The van der Waals surface area contributed by atoms with Crippen molar-refractivity contribution in [3.8, 4) is 11.8 Å². The van der Waals surface area contributed by atoms with E-state index >= 15 is 0 Å². The summed E-state index contributed by atoms with van der Waals surface area (Å²) in [5.74, 6) is 0.716. The average molecular weight is 264 g/mol. The maximum absolute atomic E-state index is 8.94. The maximum atomic E-state index is 8.94. The predicted octanol–water partition coefficient (Wildman–Crippen LogP) is 3.67. The van der Waals surface area contributed by atoms with Crippen molar-refractivity contribution < 1.29 is 4.74 Å². The fourth-order valence-corrected chi connectivity index (χ4v) is 2.77. The van der Waals surface area contributed by atoms with Crippen LogP contribution in [0.3, 0.4) is 0 Å². The second-order valence-electron chi connectivity index (χ2n) is 4.96. The third-order valence-corrected chi connectivity index (χ3v) is 3.79. The largest absolute Gasteiger partial charge is 0.495 e. The molecule has 0 saturated heterocycles. The van der Waals surface area contributed by atoms with Crippen LogP contribution in [0, 0.1) is 11.3 Å². The molecule has 0 bridgehead atoms. The Morgan fingerprint density at radius 2 is 2.10 bits per heavy atom. The summed E-state index contributed by atoms with van der Waals surface area (Å²) in [6, 6.07) is 16.5. The van der Waals surface area contributed by atoms with E-state index in [4.69, 9.17) is 10.00 Å². The van der Waals surface area contributed by atoms with Gasteiger partial charge in [-0.1, -0.05) is 24.3 Å². The van der Waals surface area contributed by atoms with Crippen LogP contribution in [0.15, 0.2) is 42.5 Å². The van der Waals surface area contributed by atoms with Gasteiger partial charge in [0.25, 0.3) is 0 Å². The molecular formula is C17H16N2O. The van der Waals surface area contributed by atoms with Gasteiger partial charge in [-0.25, -0.2) is 0 Å². The highest BCUT2D eigenvalue weighted by Crippen LogP contribution is 2.36. The van der Waals surface area contributed by atoms with E-state index in [1.165, 1.54) is 11.1 Å². The van der Waals surface area contributed by atoms with E-state index in [1.54, 1.807) is 13.2 Å². The Labute approximate surface area is 118 Å². The van der Waals surface area contributed by atoms with Crippen LogP contribution in [0.4, 0.5) is 5.69 Å². The van der Waals surface area contributed by atoms with Crippen LogP contribution in [-0.4, -0.2) is 7.11 Å². The number of methoxy groups -OCH3 is 1. The lowest BCUT2D eigenvalue weighted by atomic mass is 10.1. The lowest BCUT2D eigenvalue weighted by Gasteiger charge is -2.18. The summed E-state index contributed by atoms with van der Waals surface area (Å²) in [6.07, 6.45) is 2.19. The quantitative estimate of drug-likeness (QED) is 0.920. The standard InChI is InChI=1S/C17H16N2O/c1-20-17-10-12(11-18)6-8-16(17)19-15-9-7-13-4-2-3-5-14(13)15/h2-6,8,10,15,19H,7,9H2,1H3. The Hall–Kier alpha value is -2.47. The summed E-state index contributed by atoms with van der Waals surface area (Å²) >= 11 is 0. The molecule has 1 aliphatic rings. The number of nitrogens with zero attached hydrogens (tertiary/aromatic N) is 1. The number of nitriles is 1. The minimum absolute atomic E-state index is 0.313. The van der Waals surface area contributed by atoms with E-state index in [0.717, 1.165) is 18.5 Å². The van der Waals surface area contributed by atoms with E-state index in [-0.39, 0.29) is 0 Å². The zero-order valence-electron chi connectivity index (χ0n) is 11.4. The Bertz CT molecular complexity index is 673. The first kappa shape index (κ1) is 12.6. The van der Waals surface area contributed by atoms with Crippen molar-refractivity contribution in [2.75, 3.05) is 12.4 Å². The second kappa shape index (κ2) is 5.26. The van der Waals surface area contributed by atoms with Crippen molar-refractivity contribution in [1.29, 1.82) is 5.26 Å². The van der Waals surface area contributed by atoms with E-state index in [9.17, 15) is 0 Å². The molecule has 2 aromatic carbocycles. The van der Waals surface area contributed by atoms with Crippen LogP contribution >= 0.6 is 0 Å². The minimum atomic E-state index is 0.313. The number of anilines is 1. The van der Waals surface area contributed by atoms with Crippen LogP contribution in [0.1, 0.15) is 29.2 Å². The van der Waals surface area contributed by atoms with Gasteiger partial charge in [-0.05, 0) is 36.1 Å². The molecule has 0 radical (unpaired) electrons. The molecule has 20 heavy (non-hydrogen) atoms. The molecule has 0 spiro atoms. The smallest absolute Gasteiger partial charge is 0.143 e. The average Bonchev–Trinajstić information content (AvgIpc) is 2.91. The van der Waals surface area contributed by atoms with Gasteiger partial charge in [0, 0.05) is 6.07 Å². The summed E-state index contributed by atoms with van der Waals surface area (Å²) in [5.41, 5.74) is 4.32. The number of benzene rings is 2. The lowest BCUT2D eigenvalue weighted by Crippen LogP contribution is -2.08. The SMILES string of the molecule is COc1cc(C#N)ccc1NC1CCc2ccccc21. The van der Waals surface area contributed by atoms with Gasteiger partial charge < -0.3 is 10.1 Å². The highest BCUT2D eigenvalue weighted by molar-refractivity contribution is 5.61. The molecule has 0 fully saturated rings. The van der Waals surface area contributed by atoms with Gasteiger partial charge in [-0.15, -0.1) is 0 Å². The fraction of sp³-hybridized carbons (Fsp3) is 0.235. The molecule has 0 saturated carbocycles. The van der Waals surface area contributed by atoms with Crippen molar-refractivity contribution in [3.63, 3.8) is 0 Å². The van der Waals surface area contributed by atoms with Gasteiger partial charge in [-0.3, -0.25) is 0 Å². The number of aryl methyl sites for hydroxylation is 1. The maximum Gasteiger partial charge on any atom is 0.143 e. The third-order valence-electron chi connectivity index (χ3n) is 3.79. The van der Waals surface area contributed by atoms with Crippen molar-refractivity contribution in [3.05, 3.63) is 59.2 Å². The van der Waals surface area contributed by atoms with Crippen LogP contribution in [-0.2, 0) is 6.42 Å². The summed E-state index contributed by atoms with van der Waals surface area (Å²) in [4.78, 5) is 0. The molecule has 0 amide bonds. The molecule has 1 aliphatic carbocycles. The van der Waals surface area contributed by atoms with Crippen LogP contribution in [0.2, 0.25) is 0 Å². The van der Waals surface area contributed by atoms with Crippen molar-refractivity contribution in [2.45, 2.75) is 18.9 Å². The molecule has 1 N–H and O–H groups in total. The number of rotatable bonds is 3. The van der Waals surface area contributed by atoms with E-state index < -0.39 is 0 Å². The van der Waals surface area contributed by atoms with Crippen LogP contribution in [0.5, 0.6) is 5.75 Å². The van der Waals surface area contributed by atoms with Crippen molar-refractivity contribution in [2.24, 2.45) is 0 Å². The van der Waals surface area contributed by atoms with Gasteiger partial charge >= 0.3 is 0 Å². The Morgan fingerprint density at radius 1 is 1.25 bits per heavy atom. The first-order valence-corrected chi connectivity index (χ1v) is 6.74. The predicted molar refractivity (Wildman–Crippen MR) is 78.8 cm³/mol. The molecule has 1 atom stereocenters. The molecule has 100 valence electrons. The van der Waals surface area contributed by atoms with Crippen LogP contribution < -0.4 is 10.1 Å². The van der Waals surface area contributed by atoms with Gasteiger partial charge in [0.15, 0.2) is 0 Å². The first-order chi connectivity index (χ1) is 9.81. The molecular weight excluding hydrogens is 248 g/mol. The molecule has 0 aromatic heterocycles. The zero-order valence-corrected chi connectivity index (χ0v) is 11.4. The molecule has 3 heteroatoms. The fourth-order valence-electron chi connectivity index (χ4n) is 2.77. The normalized spacial score (nSPS) is 16.3. The zero-order chi connectivity index (χ0) is 13.9. The molecule has 3 rings (SSSR count). The number of hydrogen-bond acceptors (Lipinski definition) is 3. The Morgan fingerprint density at radius 3 is 2.90 bits per heavy atom. The lowest BCUT2D eigenvalue weighted by molar-refractivity contribution is 0.416. The molecule has 3 nitrogen and oxygen atoms in total. The summed E-state index contributed by atoms with van der Waals surface area (Å²) in [5, 5.41) is 12.5. The minimum Gasteiger partial charge on any atom is -0.495 e. The Balaban J connectivity index is 1.88. The molecule has 0 aliphatic heterocycles. The number of nitrogens with one attached hydrogen (secondary N) is 1. The third kappa shape index (κ3) is 2.21. The summed E-state index contributed by atoms with van der Waals surface area (Å²) in [7, 11) is 1.63. The van der Waals surface area contributed by atoms with Crippen molar-refractivity contribution >= 4 is 5.69 Å². The highest BCUT2D eigenvalue weighted by Gasteiger charge is 2.22. The van der Waals surface area contributed by atoms with Gasteiger partial charge in [0.05, 0.1) is 30.5 Å². The number of ether oxygens (including phenoxy) is 1. The topological polar surface area (TPSA) is 45.0 Å². The molecule has 1 unspecified atom stereocenters. The number of fused-ring (bicyclic) bond motifs is 1. The van der Waals surface area contributed by atoms with Crippen LogP contribution in [0.25, 0.3) is 0 Å². The van der Waals surface area contributed by atoms with Gasteiger partial charge in [-0.2, -0.15) is 5.26 Å². The summed E-state index contributed by atoms with van der Waals surface area (Å²) in [6.45, 7) is 0. The second-order valence-corrected chi connectivity index (χ2v) is 4.96.